The number of methoxy groups -OCH3 is 2. The van der Waals surface area contributed by atoms with Crippen molar-refractivity contribution >= 4 is 23.7 Å². The molecule has 0 aliphatic heterocycles. The minimum atomic E-state index is -2.17. The molecule has 4 atom stereocenters. The fraction of sp³-hybridized carbons (Fsp3) is 0.826. The summed E-state index contributed by atoms with van der Waals surface area (Å²) in [5, 5.41) is 23.0. The number of unbranched alkanes of at least 4 members (excludes halogenated alkanes) is 26. The number of ketones is 1. The second kappa shape index (κ2) is 28.0. The van der Waals surface area contributed by atoms with Crippen molar-refractivity contribution in [3.8, 4) is 0 Å². The van der Waals surface area contributed by atoms with Crippen LogP contribution in [0.5, 0.6) is 0 Å². The third-order valence-corrected chi connectivity index (χ3v) is 12.1. The summed E-state index contributed by atoms with van der Waals surface area (Å²) in [5.74, 6) is -7.80. The molecule has 0 amide bonds. The van der Waals surface area contributed by atoms with Gasteiger partial charge in [-0.05, 0) is 31.3 Å². The average molecular weight is 759 g/mol. The third-order valence-electron chi connectivity index (χ3n) is 12.1. The van der Waals surface area contributed by atoms with E-state index in [2.05, 4.69) is 13.8 Å². The summed E-state index contributed by atoms with van der Waals surface area (Å²) < 4.78 is 10.2. The van der Waals surface area contributed by atoms with Gasteiger partial charge in [0.15, 0.2) is 5.78 Å². The van der Waals surface area contributed by atoms with Crippen molar-refractivity contribution in [2.24, 2.45) is 17.8 Å². The van der Waals surface area contributed by atoms with Crippen molar-refractivity contribution < 1.29 is 38.9 Å². The van der Waals surface area contributed by atoms with Gasteiger partial charge in [-0.25, -0.2) is 4.79 Å². The Morgan fingerprint density at radius 3 is 1.31 bits per heavy atom. The molecule has 2 aliphatic rings. The fourth-order valence-electron chi connectivity index (χ4n) is 8.95. The Kier molecular flexibility index (Phi) is 24.7. The van der Waals surface area contributed by atoms with E-state index in [1.165, 1.54) is 142 Å². The van der Waals surface area contributed by atoms with Crippen LogP contribution in [0.15, 0.2) is 22.8 Å². The van der Waals surface area contributed by atoms with Gasteiger partial charge in [0, 0.05) is 0 Å². The van der Waals surface area contributed by atoms with Gasteiger partial charge in [0.2, 0.25) is 0 Å². The zero-order valence-corrected chi connectivity index (χ0v) is 34.9. The maximum atomic E-state index is 13.9. The van der Waals surface area contributed by atoms with Crippen molar-refractivity contribution in [2.45, 2.75) is 212 Å². The molecule has 0 radical (unpaired) electrons. The van der Waals surface area contributed by atoms with Crippen LogP contribution >= 0.6 is 0 Å². The zero-order chi connectivity index (χ0) is 39.6. The molecule has 0 saturated heterocycles. The Morgan fingerprint density at radius 1 is 0.593 bits per heavy atom. The lowest BCUT2D eigenvalue weighted by atomic mass is 9.61. The monoisotopic (exact) mass is 759 g/mol. The van der Waals surface area contributed by atoms with Crippen LogP contribution in [0.25, 0.3) is 0 Å². The summed E-state index contributed by atoms with van der Waals surface area (Å²) in [6.07, 6.45) is 35.3. The highest BCUT2D eigenvalue weighted by molar-refractivity contribution is 6.22. The highest BCUT2D eigenvalue weighted by atomic mass is 16.5. The number of rotatable bonds is 33. The second-order valence-electron chi connectivity index (χ2n) is 16.3. The maximum absolute atomic E-state index is 13.9. The minimum Gasteiger partial charge on any atom is -0.481 e. The Bertz CT molecular complexity index is 1170. The predicted molar refractivity (Wildman–Crippen MR) is 217 cm³/mol. The highest BCUT2D eigenvalue weighted by Gasteiger charge is 2.66. The predicted octanol–water partition coefficient (Wildman–Crippen LogP) is 11.6. The van der Waals surface area contributed by atoms with E-state index in [4.69, 9.17) is 9.47 Å². The van der Waals surface area contributed by atoms with Crippen LogP contribution in [-0.2, 0) is 28.7 Å². The first-order valence-corrected chi connectivity index (χ1v) is 22.3. The number of hydrogen-bond acceptors (Lipinski definition) is 7. The van der Waals surface area contributed by atoms with Gasteiger partial charge in [0.25, 0.3) is 0 Å². The first kappa shape index (κ1) is 47.7. The number of ether oxygens (including phenoxy) is 2. The lowest BCUT2D eigenvalue weighted by molar-refractivity contribution is -0.162. The molecule has 0 aromatic rings. The number of Topliss-reactive ketones (excluding diaryl/α,β-unsaturated/α-hetero) is 1. The van der Waals surface area contributed by atoms with Gasteiger partial charge in [-0.1, -0.05) is 192 Å². The van der Waals surface area contributed by atoms with Crippen LogP contribution in [0.2, 0.25) is 0 Å². The van der Waals surface area contributed by atoms with E-state index in [1.54, 1.807) is 0 Å². The molecule has 8 nitrogen and oxygen atoms in total. The summed E-state index contributed by atoms with van der Waals surface area (Å²) in [4.78, 5) is 53.2. The van der Waals surface area contributed by atoms with Crippen molar-refractivity contribution in [3.63, 3.8) is 0 Å². The topological polar surface area (TPSA) is 127 Å². The Morgan fingerprint density at radius 2 is 0.963 bits per heavy atom. The first-order valence-electron chi connectivity index (χ1n) is 22.3. The molecule has 0 aromatic heterocycles. The van der Waals surface area contributed by atoms with E-state index in [0.717, 1.165) is 51.4 Å². The quantitative estimate of drug-likeness (QED) is 0.0293. The largest absolute Gasteiger partial charge is 0.481 e. The molecule has 2 N–H and O–H groups in total. The smallest absolute Gasteiger partial charge is 0.341 e. The Balaban J connectivity index is 1.99. The van der Waals surface area contributed by atoms with Gasteiger partial charge < -0.3 is 19.7 Å². The molecule has 310 valence electrons. The van der Waals surface area contributed by atoms with Gasteiger partial charge in [0.1, 0.15) is 17.1 Å². The number of carboxylic acid groups (broad SMARTS) is 1. The number of carboxylic acids is 1. The molecule has 0 fully saturated rings. The van der Waals surface area contributed by atoms with Gasteiger partial charge >= 0.3 is 17.9 Å². The number of fused-ring (bicyclic) bond motifs is 1. The number of esters is 2. The van der Waals surface area contributed by atoms with E-state index in [1.807, 2.05) is 0 Å². The molecule has 2 aliphatic carbocycles. The summed E-state index contributed by atoms with van der Waals surface area (Å²) in [6.45, 7) is 4.49. The minimum absolute atomic E-state index is 0.136. The number of aliphatic hydroxyl groups is 1. The van der Waals surface area contributed by atoms with Gasteiger partial charge in [-0.2, -0.15) is 0 Å². The van der Waals surface area contributed by atoms with Crippen LogP contribution in [0, 0.1) is 17.8 Å². The molecule has 0 saturated carbocycles. The van der Waals surface area contributed by atoms with E-state index in [9.17, 15) is 29.4 Å². The van der Waals surface area contributed by atoms with Crippen molar-refractivity contribution in [1.29, 1.82) is 0 Å². The van der Waals surface area contributed by atoms with Gasteiger partial charge in [-0.15, -0.1) is 0 Å². The number of carbonyl (C=O) groups is 4. The SMILES string of the molecule is CCCCCCCCCCCCCCCCC1=C[C@H](C(=O)O)[C@H]2C(=O)C(C(=O)OC)=C(CCCCCCCCCCCCCCCC)[C@@]2(O)[C@H]1C(=O)OC. The molecule has 8 heteroatoms. The van der Waals surface area contributed by atoms with E-state index >= 15 is 0 Å². The second-order valence-corrected chi connectivity index (χ2v) is 16.3. The maximum Gasteiger partial charge on any atom is 0.341 e. The molecular weight excluding hydrogens is 680 g/mol. The summed E-state index contributed by atoms with van der Waals surface area (Å²) >= 11 is 0. The van der Waals surface area contributed by atoms with Crippen LogP contribution in [0.3, 0.4) is 0 Å². The van der Waals surface area contributed by atoms with Crippen molar-refractivity contribution in [3.05, 3.63) is 22.8 Å². The molecule has 2 rings (SSSR count). The lowest BCUT2D eigenvalue weighted by Gasteiger charge is -2.44. The highest BCUT2D eigenvalue weighted by Crippen LogP contribution is 2.55. The standard InChI is InChI=1S/C46H78O8/c1-5-7-9-11-13-15-17-19-21-23-25-27-29-31-33-36-35-37(43(48)49)41-42(47)39(44(50)53-3)38(46(41,52)40(36)45(51)54-4)34-32-30-28-26-24-22-20-18-16-14-12-10-8-6-2/h35,37,40-41,52H,5-34H2,1-4H3,(H,48,49)/t37-,40+,41-,46+/m0/s1. The summed E-state index contributed by atoms with van der Waals surface area (Å²) in [7, 11) is 2.41. The molecule has 0 bridgehead atoms. The van der Waals surface area contributed by atoms with E-state index < -0.39 is 47.0 Å². The van der Waals surface area contributed by atoms with Crippen LogP contribution in [-0.4, -0.2) is 53.7 Å². The van der Waals surface area contributed by atoms with Crippen molar-refractivity contribution in [1.82, 2.24) is 0 Å². The summed E-state index contributed by atoms with van der Waals surface area (Å²) in [6, 6.07) is 0. The van der Waals surface area contributed by atoms with Gasteiger partial charge in [-0.3, -0.25) is 14.4 Å². The normalized spacial score (nSPS) is 20.9. The molecule has 0 unspecified atom stereocenters. The van der Waals surface area contributed by atoms with Crippen LogP contribution in [0.1, 0.15) is 206 Å². The van der Waals surface area contributed by atoms with Crippen LogP contribution < -0.4 is 0 Å². The van der Waals surface area contributed by atoms with Crippen molar-refractivity contribution in [2.75, 3.05) is 14.2 Å². The Hall–Kier alpha value is -2.48. The lowest BCUT2D eigenvalue weighted by Crippen LogP contribution is -2.56. The average Bonchev–Trinajstić information content (AvgIpc) is 3.39. The van der Waals surface area contributed by atoms with E-state index in [0.29, 0.717) is 18.4 Å². The number of carbonyl (C=O) groups excluding carboxylic acids is 3. The number of aliphatic carboxylic acids is 1. The van der Waals surface area contributed by atoms with Gasteiger partial charge in [0.05, 0.1) is 26.1 Å². The molecule has 0 spiro atoms. The molecule has 54 heavy (non-hydrogen) atoms. The first-order chi connectivity index (χ1) is 26.2. The van der Waals surface area contributed by atoms with Crippen LogP contribution in [0.4, 0.5) is 0 Å². The molecular formula is C46H78O8. The number of hydrogen-bond donors (Lipinski definition) is 2. The van der Waals surface area contributed by atoms with E-state index in [-0.39, 0.29) is 17.6 Å². The molecule has 0 heterocycles. The fourth-order valence-corrected chi connectivity index (χ4v) is 8.95. The third kappa shape index (κ3) is 15.2. The summed E-state index contributed by atoms with van der Waals surface area (Å²) in [5.41, 5.74) is -1.86. The zero-order valence-electron chi connectivity index (χ0n) is 34.9. The molecule has 0 aromatic carbocycles. The Labute approximate surface area is 328 Å².